The molecular formula is C25H20FN3O3. The van der Waals surface area contributed by atoms with E-state index in [9.17, 15) is 9.18 Å². The Bertz CT molecular complexity index is 1250. The lowest BCUT2D eigenvalue weighted by molar-refractivity contribution is 0.101. The highest BCUT2D eigenvalue weighted by molar-refractivity contribution is 6.07. The summed E-state index contributed by atoms with van der Waals surface area (Å²) in [6.07, 6.45) is 1.67. The molecule has 3 aromatic carbocycles. The highest BCUT2D eigenvalue weighted by Gasteiger charge is 2.23. The van der Waals surface area contributed by atoms with Crippen molar-refractivity contribution in [3.8, 4) is 22.8 Å². The highest BCUT2D eigenvalue weighted by atomic mass is 19.1. The van der Waals surface area contributed by atoms with Crippen LogP contribution in [0.2, 0.25) is 0 Å². The third kappa shape index (κ3) is 3.92. The summed E-state index contributed by atoms with van der Waals surface area (Å²) in [6.45, 7) is 1.33. The number of nitrogens with one attached hydrogen (secondary N) is 1. The molecule has 0 atom stereocenters. The minimum Gasteiger partial charge on any atom is -0.486 e. The number of para-hydroxylation sites is 1. The summed E-state index contributed by atoms with van der Waals surface area (Å²) in [6, 6.07) is 21.1. The fourth-order valence-corrected chi connectivity index (χ4v) is 3.66. The molecule has 7 heteroatoms. The molecule has 1 aromatic heterocycles. The predicted octanol–water partition coefficient (Wildman–Crippen LogP) is 4.76. The number of anilines is 1. The molecule has 0 bridgehead atoms. The van der Waals surface area contributed by atoms with E-state index in [1.807, 2.05) is 34.9 Å². The van der Waals surface area contributed by atoms with Gasteiger partial charge in [-0.25, -0.2) is 9.37 Å². The van der Waals surface area contributed by atoms with Gasteiger partial charge in [0, 0.05) is 5.56 Å². The van der Waals surface area contributed by atoms with Crippen LogP contribution in [0.25, 0.3) is 11.3 Å². The molecule has 2 heterocycles. The maximum absolute atomic E-state index is 13.5. The van der Waals surface area contributed by atoms with Crippen LogP contribution < -0.4 is 14.8 Å². The van der Waals surface area contributed by atoms with Gasteiger partial charge >= 0.3 is 0 Å². The van der Waals surface area contributed by atoms with E-state index in [1.165, 1.54) is 12.1 Å². The van der Waals surface area contributed by atoms with Crippen molar-refractivity contribution in [2.75, 3.05) is 18.5 Å². The quantitative estimate of drug-likeness (QED) is 0.497. The number of aromatic nitrogens is 2. The van der Waals surface area contributed by atoms with Gasteiger partial charge in [-0.3, -0.25) is 4.79 Å². The molecule has 160 valence electrons. The molecule has 6 nitrogen and oxygen atoms in total. The lowest BCUT2D eigenvalue weighted by Crippen LogP contribution is -2.21. The van der Waals surface area contributed by atoms with Crippen molar-refractivity contribution in [3.05, 3.63) is 96.1 Å². The predicted molar refractivity (Wildman–Crippen MR) is 119 cm³/mol. The van der Waals surface area contributed by atoms with Gasteiger partial charge < -0.3 is 19.4 Å². The van der Waals surface area contributed by atoms with Crippen molar-refractivity contribution in [2.24, 2.45) is 0 Å². The topological polar surface area (TPSA) is 65.4 Å². The summed E-state index contributed by atoms with van der Waals surface area (Å²) >= 11 is 0. The summed E-state index contributed by atoms with van der Waals surface area (Å²) in [7, 11) is 0. The largest absolute Gasteiger partial charge is 0.486 e. The second-order valence-electron chi connectivity index (χ2n) is 7.35. The number of carbonyl (C=O) groups is 1. The standard InChI is InChI=1S/C25H20FN3O3/c26-19-11-9-18(10-12-19)22-24(29(16-27-22)15-17-5-2-1-3-6-17)28-25(30)20-7-4-8-21-23(20)32-14-13-31-21/h1-12,16H,13-15H2,(H,28,30). The average molecular weight is 429 g/mol. The Balaban J connectivity index is 1.53. The molecule has 0 radical (unpaired) electrons. The zero-order valence-electron chi connectivity index (χ0n) is 17.1. The Labute approximate surface area is 184 Å². The van der Waals surface area contributed by atoms with E-state index in [0.29, 0.717) is 53.9 Å². The Kier molecular flexibility index (Phi) is 5.29. The normalized spacial score (nSPS) is 12.4. The molecule has 0 saturated carbocycles. The molecule has 0 spiro atoms. The van der Waals surface area contributed by atoms with Crippen LogP contribution in [0.4, 0.5) is 10.2 Å². The van der Waals surface area contributed by atoms with Crippen LogP contribution in [0.3, 0.4) is 0 Å². The van der Waals surface area contributed by atoms with Crippen molar-refractivity contribution < 1.29 is 18.7 Å². The minimum absolute atomic E-state index is 0.337. The number of benzene rings is 3. The first-order chi connectivity index (χ1) is 15.7. The van der Waals surface area contributed by atoms with Gasteiger partial charge in [0.05, 0.1) is 18.4 Å². The van der Waals surface area contributed by atoms with Crippen molar-refractivity contribution in [3.63, 3.8) is 0 Å². The van der Waals surface area contributed by atoms with Gasteiger partial charge in [0.25, 0.3) is 5.91 Å². The van der Waals surface area contributed by atoms with Gasteiger partial charge in [-0.05, 0) is 42.0 Å². The molecular weight excluding hydrogens is 409 g/mol. The van der Waals surface area contributed by atoms with E-state index in [0.717, 1.165) is 5.56 Å². The SMILES string of the molecule is O=C(Nc1c(-c2ccc(F)cc2)ncn1Cc1ccccc1)c1cccc2c1OCCO2. The van der Waals surface area contributed by atoms with E-state index in [-0.39, 0.29) is 11.7 Å². The Morgan fingerprint density at radius 2 is 1.75 bits per heavy atom. The second-order valence-corrected chi connectivity index (χ2v) is 7.35. The molecule has 1 aliphatic heterocycles. The maximum Gasteiger partial charge on any atom is 0.260 e. The molecule has 5 rings (SSSR count). The number of halogens is 1. The van der Waals surface area contributed by atoms with Gasteiger partial charge in [0.1, 0.15) is 30.5 Å². The fraction of sp³-hybridized carbons (Fsp3) is 0.120. The number of amides is 1. The van der Waals surface area contributed by atoms with Gasteiger partial charge in [-0.2, -0.15) is 0 Å². The van der Waals surface area contributed by atoms with Gasteiger partial charge in [0.15, 0.2) is 11.5 Å². The number of hydrogen-bond donors (Lipinski definition) is 1. The number of rotatable bonds is 5. The second kappa shape index (κ2) is 8.55. The van der Waals surface area contributed by atoms with Crippen LogP contribution in [0, 0.1) is 5.82 Å². The molecule has 0 fully saturated rings. The first kappa shape index (κ1) is 19.8. The number of nitrogens with zero attached hydrogens (tertiary/aromatic N) is 2. The minimum atomic E-state index is -0.342. The highest BCUT2D eigenvalue weighted by Crippen LogP contribution is 2.35. The molecule has 0 unspecified atom stereocenters. The number of hydrogen-bond acceptors (Lipinski definition) is 4. The van der Waals surface area contributed by atoms with Crippen molar-refractivity contribution in [1.82, 2.24) is 9.55 Å². The number of imidazole rings is 1. The molecule has 1 N–H and O–H groups in total. The van der Waals surface area contributed by atoms with Crippen LogP contribution in [-0.4, -0.2) is 28.7 Å². The Hall–Kier alpha value is -4.13. The van der Waals surface area contributed by atoms with Crippen LogP contribution in [0.1, 0.15) is 15.9 Å². The number of carbonyl (C=O) groups excluding carboxylic acids is 1. The lowest BCUT2D eigenvalue weighted by atomic mass is 10.1. The van der Waals surface area contributed by atoms with Gasteiger partial charge in [0.2, 0.25) is 0 Å². The van der Waals surface area contributed by atoms with Crippen molar-refractivity contribution in [2.45, 2.75) is 6.54 Å². The van der Waals surface area contributed by atoms with E-state index in [1.54, 1.807) is 36.7 Å². The number of ether oxygens (including phenoxy) is 2. The van der Waals surface area contributed by atoms with E-state index in [4.69, 9.17) is 9.47 Å². The van der Waals surface area contributed by atoms with Crippen molar-refractivity contribution >= 4 is 11.7 Å². The summed E-state index contributed by atoms with van der Waals surface area (Å²) in [5.41, 5.74) is 2.68. The van der Waals surface area contributed by atoms with Crippen LogP contribution in [-0.2, 0) is 6.54 Å². The maximum atomic E-state index is 13.5. The number of fused-ring (bicyclic) bond motifs is 1. The first-order valence-electron chi connectivity index (χ1n) is 10.2. The molecule has 1 aliphatic rings. The zero-order valence-corrected chi connectivity index (χ0v) is 17.1. The fourth-order valence-electron chi connectivity index (χ4n) is 3.66. The average Bonchev–Trinajstić information content (AvgIpc) is 3.21. The molecule has 32 heavy (non-hydrogen) atoms. The van der Waals surface area contributed by atoms with E-state index < -0.39 is 0 Å². The molecule has 4 aromatic rings. The zero-order chi connectivity index (χ0) is 21.9. The summed E-state index contributed by atoms with van der Waals surface area (Å²) < 4.78 is 26.6. The molecule has 0 saturated heterocycles. The van der Waals surface area contributed by atoms with Crippen LogP contribution in [0.5, 0.6) is 11.5 Å². The molecule has 0 aliphatic carbocycles. The van der Waals surface area contributed by atoms with Crippen LogP contribution in [0.15, 0.2) is 79.1 Å². The van der Waals surface area contributed by atoms with E-state index in [2.05, 4.69) is 10.3 Å². The Morgan fingerprint density at radius 3 is 2.56 bits per heavy atom. The summed E-state index contributed by atoms with van der Waals surface area (Å²) in [5, 5.41) is 2.99. The lowest BCUT2D eigenvalue weighted by Gasteiger charge is -2.21. The smallest absolute Gasteiger partial charge is 0.260 e. The monoisotopic (exact) mass is 429 g/mol. The van der Waals surface area contributed by atoms with Crippen LogP contribution >= 0.6 is 0 Å². The summed E-state index contributed by atoms with van der Waals surface area (Å²) in [4.78, 5) is 17.8. The van der Waals surface area contributed by atoms with Gasteiger partial charge in [-0.1, -0.05) is 36.4 Å². The summed E-state index contributed by atoms with van der Waals surface area (Å²) in [5.74, 6) is 0.801. The van der Waals surface area contributed by atoms with Gasteiger partial charge in [-0.15, -0.1) is 0 Å². The third-order valence-electron chi connectivity index (χ3n) is 5.19. The first-order valence-corrected chi connectivity index (χ1v) is 10.2. The Morgan fingerprint density at radius 1 is 0.969 bits per heavy atom. The third-order valence-corrected chi connectivity index (χ3v) is 5.19. The van der Waals surface area contributed by atoms with E-state index >= 15 is 0 Å². The molecule has 1 amide bonds. The van der Waals surface area contributed by atoms with Crippen molar-refractivity contribution in [1.29, 1.82) is 0 Å².